The Kier molecular flexibility index (Phi) is 7.30. The van der Waals surface area contributed by atoms with Crippen LogP contribution >= 0.6 is 11.8 Å². The molecule has 0 saturated heterocycles. The van der Waals surface area contributed by atoms with E-state index < -0.39 is 0 Å². The lowest BCUT2D eigenvalue weighted by atomic mass is 9.93. The number of benzene rings is 10. The van der Waals surface area contributed by atoms with E-state index in [2.05, 4.69) is 215 Å². The third kappa shape index (κ3) is 5.05. The first-order chi connectivity index (χ1) is 31.2. The molecule has 0 spiro atoms. The van der Waals surface area contributed by atoms with Gasteiger partial charge in [0.25, 0.3) is 0 Å². The summed E-state index contributed by atoms with van der Waals surface area (Å²) in [6.45, 7) is 0. The Labute approximate surface area is 366 Å². The molecule has 0 radical (unpaired) electrons. The Morgan fingerprint density at radius 1 is 0.349 bits per heavy atom. The lowest BCUT2D eigenvalue weighted by Gasteiger charge is -2.21. The van der Waals surface area contributed by atoms with Crippen LogP contribution in [0.15, 0.2) is 216 Å². The fraction of sp³-hybridized carbons (Fsp3) is 0. The van der Waals surface area contributed by atoms with Gasteiger partial charge in [0.1, 0.15) is 0 Å². The molecule has 0 unspecified atom stereocenters. The SMILES string of the molecule is c1ccc(-n2c3ccc(-c4ccc5c(c4)c4ccccc4n5-c4nc(-c5cccc6ccccc56)c5ccccc5n4)cc3c3c4cccc5c4c(cc32)-c2ccccc2S5)cc1. The highest BCUT2D eigenvalue weighted by atomic mass is 32.2. The van der Waals surface area contributed by atoms with Crippen LogP contribution in [0, 0.1) is 0 Å². The first-order valence-corrected chi connectivity index (χ1v) is 22.2. The van der Waals surface area contributed by atoms with Gasteiger partial charge < -0.3 is 4.57 Å². The summed E-state index contributed by atoms with van der Waals surface area (Å²) < 4.78 is 4.70. The molecule has 0 N–H and O–H groups in total. The van der Waals surface area contributed by atoms with Gasteiger partial charge in [-0.25, -0.2) is 9.97 Å². The number of hydrogen-bond acceptors (Lipinski definition) is 3. The third-order valence-corrected chi connectivity index (χ3v) is 14.2. The molecular weight excluding hydrogens is 785 g/mol. The van der Waals surface area contributed by atoms with Crippen LogP contribution < -0.4 is 0 Å². The highest BCUT2D eigenvalue weighted by Crippen LogP contribution is 2.51. The maximum Gasteiger partial charge on any atom is 0.235 e. The van der Waals surface area contributed by atoms with Crippen molar-refractivity contribution in [2.24, 2.45) is 0 Å². The van der Waals surface area contributed by atoms with Crippen molar-refractivity contribution in [3.8, 4) is 45.1 Å². The molecule has 63 heavy (non-hydrogen) atoms. The first-order valence-electron chi connectivity index (χ1n) is 21.4. The van der Waals surface area contributed by atoms with E-state index in [1.807, 2.05) is 11.8 Å². The van der Waals surface area contributed by atoms with Gasteiger partial charge >= 0.3 is 0 Å². The average molecular weight is 819 g/mol. The summed E-state index contributed by atoms with van der Waals surface area (Å²) >= 11 is 1.88. The Hall–Kier alpha value is -7.99. The van der Waals surface area contributed by atoms with Gasteiger partial charge in [-0.3, -0.25) is 4.57 Å². The van der Waals surface area contributed by atoms with E-state index >= 15 is 0 Å². The van der Waals surface area contributed by atoms with E-state index in [1.165, 1.54) is 69.8 Å². The van der Waals surface area contributed by atoms with Gasteiger partial charge in [-0.15, -0.1) is 0 Å². The van der Waals surface area contributed by atoms with Crippen molar-refractivity contribution in [3.05, 3.63) is 206 Å². The average Bonchev–Trinajstić information content (AvgIpc) is 3.86. The van der Waals surface area contributed by atoms with E-state index in [9.17, 15) is 0 Å². The molecule has 5 heteroatoms. The molecule has 13 aromatic rings. The quantitative estimate of drug-likeness (QED) is 0.177. The normalized spacial score (nSPS) is 12.4. The van der Waals surface area contributed by atoms with Gasteiger partial charge in [-0.2, -0.15) is 0 Å². The maximum absolute atomic E-state index is 5.44. The molecule has 1 aliphatic heterocycles. The molecule has 1 aliphatic rings. The zero-order valence-electron chi connectivity index (χ0n) is 33.8. The highest BCUT2D eigenvalue weighted by Gasteiger charge is 2.25. The summed E-state index contributed by atoms with van der Waals surface area (Å²) in [4.78, 5) is 13.3. The molecule has 0 fully saturated rings. The smallest absolute Gasteiger partial charge is 0.235 e. The van der Waals surface area contributed by atoms with E-state index in [4.69, 9.17) is 9.97 Å². The molecule has 4 heterocycles. The number of nitrogens with zero attached hydrogens (tertiary/aromatic N) is 4. The van der Waals surface area contributed by atoms with Crippen LogP contribution in [-0.4, -0.2) is 19.1 Å². The number of rotatable bonds is 4. The van der Waals surface area contributed by atoms with Crippen molar-refractivity contribution in [3.63, 3.8) is 0 Å². The molecule has 0 bridgehead atoms. The monoisotopic (exact) mass is 818 g/mol. The Morgan fingerprint density at radius 2 is 0.984 bits per heavy atom. The molecule has 0 saturated carbocycles. The fourth-order valence-electron chi connectivity index (χ4n) is 10.4. The molecule has 0 amide bonds. The Balaban J connectivity index is 0.996. The minimum atomic E-state index is 0.658. The van der Waals surface area contributed by atoms with E-state index in [0.717, 1.165) is 55.2 Å². The second kappa shape index (κ2) is 13.3. The van der Waals surface area contributed by atoms with Crippen LogP contribution in [0.5, 0.6) is 0 Å². The Morgan fingerprint density at radius 3 is 1.87 bits per heavy atom. The second-order valence-corrected chi connectivity index (χ2v) is 17.6. The minimum absolute atomic E-state index is 0.658. The maximum atomic E-state index is 5.44. The molecule has 292 valence electrons. The number of aromatic nitrogens is 4. The standard InChI is InChI=1S/C58H34N4S/c1-2-16-38(17-3-1)61-51-31-29-37(33-47(51)55-44-23-13-27-54-56(44)46(34-52(55)61)41-20-8-11-26-53(41)63-54)36-28-30-50-45(32-36)40-19-7-10-25-49(40)62(50)58-59-48-24-9-6-21-43(48)57(60-58)42-22-12-15-35-14-4-5-18-39(35)42/h1-34H. The van der Waals surface area contributed by atoms with Crippen molar-refractivity contribution in [2.45, 2.75) is 9.79 Å². The summed E-state index contributed by atoms with van der Waals surface area (Å²) in [5, 5.41) is 10.9. The van der Waals surface area contributed by atoms with Crippen molar-refractivity contribution < 1.29 is 0 Å². The second-order valence-electron chi connectivity index (χ2n) is 16.5. The van der Waals surface area contributed by atoms with Crippen molar-refractivity contribution >= 4 is 87.8 Å². The van der Waals surface area contributed by atoms with Gasteiger partial charge in [-0.1, -0.05) is 151 Å². The van der Waals surface area contributed by atoms with Crippen LogP contribution in [-0.2, 0) is 0 Å². The first kappa shape index (κ1) is 34.7. The van der Waals surface area contributed by atoms with E-state index in [0.29, 0.717) is 5.95 Å². The highest BCUT2D eigenvalue weighted by molar-refractivity contribution is 7.99. The molecule has 10 aromatic carbocycles. The van der Waals surface area contributed by atoms with Crippen molar-refractivity contribution in [1.82, 2.24) is 19.1 Å². The predicted octanol–water partition coefficient (Wildman–Crippen LogP) is 15.6. The zero-order valence-corrected chi connectivity index (χ0v) is 34.6. The molecule has 14 rings (SSSR count). The molecular formula is C58H34N4S. The van der Waals surface area contributed by atoms with Crippen molar-refractivity contribution in [1.29, 1.82) is 0 Å². The third-order valence-electron chi connectivity index (χ3n) is 13.1. The molecule has 4 nitrogen and oxygen atoms in total. The minimum Gasteiger partial charge on any atom is -0.309 e. The van der Waals surface area contributed by atoms with Crippen LogP contribution in [0.25, 0.3) is 121 Å². The molecule has 0 atom stereocenters. The summed E-state index contributed by atoms with van der Waals surface area (Å²) in [5.41, 5.74) is 13.6. The summed E-state index contributed by atoms with van der Waals surface area (Å²) in [6.07, 6.45) is 0. The number of fused-ring (bicyclic) bond motifs is 11. The van der Waals surface area contributed by atoms with Gasteiger partial charge in [0.15, 0.2) is 0 Å². The summed E-state index contributed by atoms with van der Waals surface area (Å²) in [5.74, 6) is 0.658. The summed E-state index contributed by atoms with van der Waals surface area (Å²) in [7, 11) is 0. The van der Waals surface area contributed by atoms with Gasteiger partial charge in [0, 0.05) is 53.4 Å². The van der Waals surface area contributed by atoms with E-state index in [-0.39, 0.29) is 0 Å². The fourth-order valence-corrected chi connectivity index (χ4v) is 11.5. The molecule has 0 aliphatic carbocycles. The lowest BCUT2D eigenvalue weighted by molar-refractivity contribution is 1.01. The van der Waals surface area contributed by atoms with Crippen LogP contribution in [0.4, 0.5) is 0 Å². The van der Waals surface area contributed by atoms with Gasteiger partial charge in [0.05, 0.1) is 33.3 Å². The van der Waals surface area contributed by atoms with Gasteiger partial charge in [-0.05, 0) is 105 Å². The lowest BCUT2D eigenvalue weighted by Crippen LogP contribution is -2.03. The van der Waals surface area contributed by atoms with Gasteiger partial charge in [0.2, 0.25) is 5.95 Å². The topological polar surface area (TPSA) is 35.6 Å². The van der Waals surface area contributed by atoms with E-state index in [1.54, 1.807) is 0 Å². The Bertz CT molecular complexity index is 4060. The van der Waals surface area contributed by atoms with Crippen LogP contribution in [0.3, 0.4) is 0 Å². The largest absolute Gasteiger partial charge is 0.309 e. The van der Waals surface area contributed by atoms with Crippen LogP contribution in [0.1, 0.15) is 0 Å². The summed E-state index contributed by atoms with van der Waals surface area (Å²) in [6, 6.07) is 74.8. The zero-order chi connectivity index (χ0) is 41.2. The van der Waals surface area contributed by atoms with Crippen molar-refractivity contribution in [2.75, 3.05) is 0 Å². The molecule has 3 aromatic heterocycles. The van der Waals surface area contributed by atoms with Crippen LogP contribution in [0.2, 0.25) is 0 Å². The predicted molar refractivity (Wildman–Crippen MR) is 264 cm³/mol. The number of para-hydroxylation sites is 3. The number of hydrogen-bond donors (Lipinski definition) is 0.